The fourth-order valence-electron chi connectivity index (χ4n) is 3.54. The summed E-state index contributed by atoms with van der Waals surface area (Å²) in [6, 6.07) is 7.67. The Morgan fingerprint density at radius 1 is 1.30 bits per heavy atom. The van der Waals surface area contributed by atoms with Crippen molar-refractivity contribution in [1.82, 2.24) is 10.3 Å². The molecule has 1 aliphatic rings. The van der Waals surface area contributed by atoms with Crippen molar-refractivity contribution in [3.05, 3.63) is 50.9 Å². The van der Waals surface area contributed by atoms with Gasteiger partial charge in [-0.25, -0.2) is 9.78 Å². The van der Waals surface area contributed by atoms with Gasteiger partial charge < -0.3 is 10.1 Å². The summed E-state index contributed by atoms with van der Waals surface area (Å²) in [5.74, 6) is -0.544. The van der Waals surface area contributed by atoms with Gasteiger partial charge in [-0.1, -0.05) is 43.0 Å². The van der Waals surface area contributed by atoms with Gasteiger partial charge >= 0.3 is 5.97 Å². The van der Waals surface area contributed by atoms with E-state index >= 15 is 0 Å². The van der Waals surface area contributed by atoms with Crippen LogP contribution in [0.1, 0.15) is 48.4 Å². The van der Waals surface area contributed by atoms with Crippen molar-refractivity contribution in [2.45, 2.75) is 50.5 Å². The van der Waals surface area contributed by atoms with Crippen LogP contribution in [-0.2, 0) is 27.2 Å². The van der Waals surface area contributed by atoms with E-state index in [1.54, 1.807) is 0 Å². The van der Waals surface area contributed by atoms with Gasteiger partial charge in [0.1, 0.15) is 5.54 Å². The standard InChI is InChI=1S/C20H23ClN2O3S/c1-26-19(25)20(8-3-2-4-9-20)23-17(24)12-16-13-27-18(22-16)11-14-6-5-7-15(21)10-14/h5-7,10,13H,2-4,8-9,11-12H2,1H3,(H,23,24). The van der Waals surface area contributed by atoms with Crippen LogP contribution in [0.15, 0.2) is 29.6 Å². The number of halogens is 1. The molecule has 0 aliphatic heterocycles. The fraction of sp³-hybridized carbons (Fsp3) is 0.450. The van der Waals surface area contributed by atoms with Gasteiger partial charge in [0, 0.05) is 16.8 Å². The number of esters is 1. The zero-order valence-electron chi connectivity index (χ0n) is 15.3. The van der Waals surface area contributed by atoms with E-state index in [0.717, 1.165) is 29.8 Å². The molecule has 1 saturated carbocycles. The third kappa shape index (κ3) is 5.08. The molecule has 1 amide bonds. The summed E-state index contributed by atoms with van der Waals surface area (Å²) < 4.78 is 4.95. The third-order valence-electron chi connectivity index (χ3n) is 4.85. The zero-order chi connectivity index (χ0) is 19.3. The molecule has 27 heavy (non-hydrogen) atoms. The minimum Gasteiger partial charge on any atom is -0.467 e. The SMILES string of the molecule is COC(=O)C1(NC(=O)Cc2csc(Cc3cccc(Cl)c3)n2)CCCCC1. The smallest absolute Gasteiger partial charge is 0.331 e. The monoisotopic (exact) mass is 406 g/mol. The van der Waals surface area contributed by atoms with Crippen LogP contribution in [0.5, 0.6) is 0 Å². The normalized spacial score (nSPS) is 15.9. The number of aromatic nitrogens is 1. The molecular weight excluding hydrogens is 384 g/mol. The van der Waals surface area contributed by atoms with Crippen molar-refractivity contribution >= 4 is 34.8 Å². The number of carbonyl (C=O) groups excluding carboxylic acids is 2. The number of benzene rings is 1. The van der Waals surface area contributed by atoms with Crippen LogP contribution in [-0.4, -0.2) is 29.5 Å². The van der Waals surface area contributed by atoms with Crippen LogP contribution in [0.3, 0.4) is 0 Å². The molecule has 7 heteroatoms. The number of nitrogens with one attached hydrogen (secondary N) is 1. The van der Waals surface area contributed by atoms with Crippen molar-refractivity contribution in [3.8, 4) is 0 Å². The minimum absolute atomic E-state index is 0.158. The van der Waals surface area contributed by atoms with Crippen molar-refractivity contribution < 1.29 is 14.3 Å². The molecule has 5 nitrogen and oxygen atoms in total. The highest BCUT2D eigenvalue weighted by Gasteiger charge is 2.41. The lowest BCUT2D eigenvalue weighted by Crippen LogP contribution is -2.56. The number of amides is 1. The first-order valence-corrected chi connectivity index (χ1v) is 10.3. The fourth-order valence-corrected chi connectivity index (χ4v) is 4.58. The molecule has 1 N–H and O–H groups in total. The van der Waals surface area contributed by atoms with Crippen molar-refractivity contribution in [3.63, 3.8) is 0 Å². The number of carbonyl (C=O) groups is 2. The molecule has 144 valence electrons. The molecular formula is C20H23ClN2O3S. The second-order valence-corrected chi connectivity index (χ2v) is 8.28. The summed E-state index contributed by atoms with van der Waals surface area (Å²) in [7, 11) is 1.37. The first kappa shape index (κ1) is 19.8. The zero-order valence-corrected chi connectivity index (χ0v) is 16.9. The van der Waals surface area contributed by atoms with Gasteiger partial charge in [-0.2, -0.15) is 0 Å². The predicted molar refractivity (Wildman–Crippen MR) is 106 cm³/mol. The molecule has 2 aromatic rings. The van der Waals surface area contributed by atoms with Crippen LogP contribution < -0.4 is 5.32 Å². The molecule has 1 aromatic carbocycles. The van der Waals surface area contributed by atoms with Gasteiger partial charge in [-0.3, -0.25) is 4.79 Å². The summed E-state index contributed by atoms with van der Waals surface area (Å²) in [4.78, 5) is 29.4. The Balaban J connectivity index is 1.62. The van der Waals surface area contributed by atoms with Crippen molar-refractivity contribution in [1.29, 1.82) is 0 Å². The minimum atomic E-state index is -0.885. The topological polar surface area (TPSA) is 68.3 Å². The van der Waals surface area contributed by atoms with Crippen LogP contribution in [0.2, 0.25) is 5.02 Å². The predicted octanol–water partition coefficient (Wildman–Crippen LogP) is 3.92. The first-order chi connectivity index (χ1) is 13.0. The quantitative estimate of drug-likeness (QED) is 0.738. The molecule has 0 saturated heterocycles. The number of rotatable bonds is 6. The maximum Gasteiger partial charge on any atom is 0.331 e. The average molecular weight is 407 g/mol. The largest absolute Gasteiger partial charge is 0.467 e. The van der Waals surface area contributed by atoms with E-state index in [2.05, 4.69) is 10.3 Å². The number of ether oxygens (including phenoxy) is 1. The third-order valence-corrected chi connectivity index (χ3v) is 5.98. The molecule has 1 aliphatic carbocycles. The van der Waals surface area contributed by atoms with Crippen LogP contribution in [0, 0.1) is 0 Å². The average Bonchev–Trinajstić information content (AvgIpc) is 3.08. The Morgan fingerprint density at radius 2 is 2.07 bits per heavy atom. The van der Waals surface area contributed by atoms with Gasteiger partial charge in [-0.05, 0) is 30.5 Å². The van der Waals surface area contributed by atoms with E-state index in [1.165, 1.54) is 18.4 Å². The number of hydrogen-bond acceptors (Lipinski definition) is 5. The molecule has 0 radical (unpaired) electrons. The maximum atomic E-state index is 12.5. The number of thiazole rings is 1. The van der Waals surface area contributed by atoms with Crippen LogP contribution >= 0.6 is 22.9 Å². The highest BCUT2D eigenvalue weighted by molar-refractivity contribution is 7.09. The summed E-state index contributed by atoms with van der Waals surface area (Å²) in [5.41, 5.74) is 0.911. The lowest BCUT2D eigenvalue weighted by atomic mass is 9.81. The van der Waals surface area contributed by atoms with Gasteiger partial charge in [0.05, 0.1) is 24.2 Å². The first-order valence-electron chi connectivity index (χ1n) is 9.08. The summed E-state index contributed by atoms with van der Waals surface area (Å²) in [5, 5.41) is 6.45. The van der Waals surface area contributed by atoms with E-state index < -0.39 is 5.54 Å². The van der Waals surface area contributed by atoms with Gasteiger partial charge in [0.25, 0.3) is 0 Å². The Labute approximate surface area is 168 Å². The van der Waals surface area contributed by atoms with E-state index in [0.29, 0.717) is 30.0 Å². The lowest BCUT2D eigenvalue weighted by Gasteiger charge is -2.35. The second-order valence-electron chi connectivity index (χ2n) is 6.90. The summed E-state index contributed by atoms with van der Waals surface area (Å²) in [6.07, 6.45) is 4.99. The van der Waals surface area contributed by atoms with Crippen LogP contribution in [0.25, 0.3) is 0 Å². The molecule has 1 aromatic heterocycles. The van der Waals surface area contributed by atoms with Crippen LogP contribution in [0.4, 0.5) is 0 Å². The summed E-state index contributed by atoms with van der Waals surface area (Å²) >= 11 is 7.54. The molecule has 0 bridgehead atoms. The van der Waals surface area contributed by atoms with E-state index in [1.807, 2.05) is 29.6 Å². The Bertz CT molecular complexity index is 815. The van der Waals surface area contributed by atoms with E-state index in [4.69, 9.17) is 16.3 Å². The van der Waals surface area contributed by atoms with Crippen molar-refractivity contribution in [2.24, 2.45) is 0 Å². The number of nitrogens with zero attached hydrogens (tertiary/aromatic N) is 1. The Kier molecular flexibility index (Phi) is 6.50. The number of methoxy groups -OCH3 is 1. The van der Waals surface area contributed by atoms with E-state index in [9.17, 15) is 9.59 Å². The molecule has 0 unspecified atom stereocenters. The Hall–Kier alpha value is -1.92. The highest BCUT2D eigenvalue weighted by atomic mass is 35.5. The number of hydrogen-bond donors (Lipinski definition) is 1. The maximum absolute atomic E-state index is 12.5. The Morgan fingerprint density at radius 3 is 2.78 bits per heavy atom. The highest BCUT2D eigenvalue weighted by Crippen LogP contribution is 2.29. The van der Waals surface area contributed by atoms with Crippen molar-refractivity contribution in [2.75, 3.05) is 7.11 Å². The molecule has 0 spiro atoms. The summed E-state index contributed by atoms with van der Waals surface area (Å²) in [6.45, 7) is 0. The lowest BCUT2D eigenvalue weighted by molar-refractivity contribution is -0.152. The molecule has 1 fully saturated rings. The molecule has 1 heterocycles. The second kappa shape index (κ2) is 8.85. The van der Waals surface area contributed by atoms with Gasteiger partial charge in [0.2, 0.25) is 5.91 Å². The van der Waals surface area contributed by atoms with Gasteiger partial charge in [0.15, 0.2) is 0 Å². The van der Waals surface area contributed by atoms with Gasteiger partial charge in [-0.15, -0.1) is 11.3 Å². The molecule has 0 atom stereocenters. The van der Waals surface area contributed by atoms with E-state index in [-0.39, 0.29) is 18.3 Å². The molecule has 3 rings (SSSR count).